The van der Waals surface area contributed by atoms with Crippen LogP contribution in [0.1, 0.15) is 65.2 Å². The van der Waals surface area contributed by atoms with Gasteiger partial charge in [0, 0.05) is 12.0 Å². The summed E-state index contributed by atoms with van der Waals surface area (Å²) >= 11 is 5.86. The highest BCUT2D eigenvalue weighted by Crippen LogP contribution is 2.66. The van der Waals surface area contributed by atoms with Gasteiger partial charge in [-0.1, -0.05) is 6.92 Å². The highest BCUT2D eigenvalue weighted by Gasteiger charge is 2.66. The van der Waals surface area contributed by atoms with Crippen LogP contribution in [-0.2, 0) is 33.3 Å². The quantitative estimate of drug-likeness (QED) is 0.397. The Labute approximate surface area is 234 Å². The minimum Gasteiger partial charge on any atom is -0.461 e. The Morgan fingerprint density at radius 1 is 1.15 bits per heavy atom. The first-order chi connectivity index (χ1) is 18.6. The molecule has 0 aromatic carbocycles. The Morgan fingerprint density at radius 3 is 2.69 bits per heavy atom. The number of halogens is 1. The maximum Gasteiger partial charge on any atom is 0.331 e. The van der Waals surface area contributed by atoms with Crippen molar-refractivity contribution in [1.82, 2.24) is 0 Å². The summed E-state index contributed by atoms with van der Waals surface area (Å²) in [5.74, 6) is -0.694. The monoisotopic (exact) mass is 562 g/mol. The third-order valence-electron chi connectivity index (χ3n) is 11.1. The van der Waals surface area contributed by atoms with Crippen LogP contribution in [0.5, 0.6) is 0 Å². The largest absolute Gasteiger partial charge is 0.461 e. The number of esters is 2. The van der Waals surface area contributed by atoms with Crippen LogP contribution in [0.2, 0.25) is 0 Å². The SMILES string of the molecule is CC1OC(OC2CCC3(C)C(CCC4C3CC(OC(=O)CCl)C3C(C5=CC(=O)OC5)CCC43O)C2)C=CC1=O. The van der Waals surface area contributed by atoms with Gasteiger partial charge in [-0.05, 0) is 105 Å². The number of alkyl halides is 1. The number of carbonyl (C=O) groups is 3. The van der Waals surface area contributed by atoms with Crippen molar-refractivity contribution in [2.75, 3.05) is 12.5 Å². The van der Waals surface area contributed by atoms with Gasteiger partial charge in [-0.3, -0.25) is 9.59 Å². The summed E-state index contributed by atoms with van der Waals surface area (Å²) < 4.78 is 23.2. The van der Waals surface area contributed by atoms with E-state index in [-0.39, 0.29) is 59.4 Å². The maximum atomic E-state index is 12.5. The molecule has 0 amide bonds. The van der Waals surface area contributed by atoms with Gasteiger partial charge in [-0.2, -0.15) is 0 Å². The average molecular weight is 563 g/mol. The Morgan fingerprint density at radius 2 is 1.97 bits per heavy atom. The first-order valence-corrected chi connectivity index (χ1v) is 15.0. The topological polar surface area (TPSA) is 108 Å². The Bertz CT molecular complexity index is 1090. The van der Waals surface area contributed by atoms with E-state index >= 15 is 0 Å². The molecule has 39 heavy (non-hydrogen) atoms. The van der Waals surface area contributed by atoms with Crippen LogP contribution in [0.25, 0.3) is 0 Å². The summed E-state index contributed by atoms with van der Waals surface area (Å²) in [6.07, 6.45) is 10.1. The summed E-state index contributed by atoms with van der Waals surface area (Å²) in [4.78, 5) is 36.1. The fourth-order valence-electron chi connectivity index (χ4n) is 9.24. The molecule has 8 nitrogen and oxygen atoms in total. The van der Waals surface area contributed by atoms with Crippen LogP contribution < -0.4 is 0 Å². The number of hydrogen-bond donors (Lipinski definition) is 1. The van der Waals surface area contributed by atoms with E-state index in [1.165, 1.54) is 0 Å². The molecule has 6 aliphatic rings. The van der Waals surface area contributed by atoms with Gasteiger partial charge in [-0.25, -0.2) is 4.79 Å². The first kappa shape index (κ1) is 27.4. The molecule has 0 spiro atoms. The van der Waals surface area contributed by atoms with Crippen LogP contribution in [0.15, 0.2) is 23.8 Å². The molecule has 0 saturated heterocycles. The van der Waals surface area contributed by atoms with E-state index in [0.717, 1.165) is 44.1 Å². The van der Waals surface area contributed by atoms with Crippen molar-refractivity contribution in [2.45, 2.75) is 95.4 Å². The van der Waals surface area contributed by atoms with Crippen molar-refractivity contribution in [1.29, 1.82) is 0 Å². The molecule has 214 valence electrons. The molecule has 2 heterocycles. The molecule has 6 rings (SSSR count). The Balaban J connectivity index is 1.23. The average Bonchev–Trinajstić information content (AvgIpc) is 3.50. The number of cyclic esters (lactones) is 1. The molecule has 9 heteroatoms. The van der Waals surface area contributed by atoms with Crippen LogP contribution >= 0.6 is 11.6 Å². The van der Waals surface area contributed by atoms with Gasteiger partial charge in [-0.15, -0.1) is 11.6 Å². The highest BCUT2D eigenvalue weighted by molar-refractivity contribution is 6.26. The molecular formula is C30H39ClO8. The van der Waals surface area contributed by atoms with Crippen molar-refractivity contribution in [2.24, 2.45) is 35.0 Å². The highest BCUT2D eigenvalue weighted by atomic mass is 35.5. The lowest BCUT2D eigenvalue weighted by Crippen LogP contribution is -2.63. The molecule has 0 aromatic heterocycles. The van der Waals surface area contributed by atoms with Crippen molar-refractivity contribution in [3.05, 3.63) is 23.8 Å². The molecule has 0 bridgehead atoms. The van der Waals surface area contributed by atoms with Gasteiger partial charge in [0.1, 0.15) is 24.7 Å². The zero-order valence-electron chi connectivity index (χ0n) is 22.7. The summed E-state index contributed by atoms with van der Waals surface area (Å²) in [6, 6.07) is 0. The Hall–Kier alpha value is -1.74. The maximum absolute atomic E-state index is 12.5. The number of hydrogen-bond acceptors (Lipinski definition) is 8. The van der Waals surface area contributed by atoms with E-state index in [4.69, 9.17) is 30.5 Å². The van der Waals surface area contributed by atoms with Crippen molar-refractivity contribution in [3.63, 3.8) is 0 Å². The number of fused-ring (bicyclic) bond motifs is 5. The second kappa shape index (κ2) is 10.3. The smallest absolute Gasteiger partial charge is 0.331 e. The molecule has 4 aliphatic carbocycles. The van der Waals surface area contributed by atoms with E-state index in [0.29, 0.717) is 18.8 Å². The minimum atomic E-state index is -0.970. The van der Waals surface area contributed by atoms with Crippen LogP contribution in [0, 0.1) is 35.0 Å². The third kappa shape index (κ3) is 4.69. The van der Waals surface area contributed by atoms with Gasteiger partial charge >= 0.3 is 11.9 Å². The number of ketones is 1. The number of aliphatic hydroxyl groups is 1. The number of carbonyl (C=O) groups excluding carboxylic acids is 3. The molecule has 1 N–H and O–H groups in total. The minimum absolute atomic E-state index is 0.0224. The van der Waals surface area contributed by atoms with Gasteiger partial charge in [0.05, 0.1) is 11.7 Å². The van der Waals surface area contributed by atoms with Crippen molar-refractivity contribution >= 4 is 29.3 Å². The molecular weight excluding hydrogens is 524 g/mol. The van der Waals surface area contributed by atoms with E-state index in [1.807, 2.05) is 0 Å². The van der Waals surface area contributed by atoms with Crippen molar-refractivity contribution in [3.8, 4) is 0 Å². The van der Waals surface area contributed by atoms with E-state index in [1.54, 1.807) is 25.2 Å². The fraction of sp³-hybridized carbons (Fsp3) is 0.767. The van der Waals surface area contributed by atoms with E-state index < -0.39 is 30.1 Å². The summed E-state index contributed by atoms with van der Waals surface area (Å²) in [7, 11) is 0. The molecule has 4 saturated carbocycles. The van der Waals surface area contributed by atoms with Gasteiger partial charge in [0.2, 0.25) is 0 Å². The third-order valence-corrected chi connectivity index (χ3v) is 11.3. The number of ether oxygens (including phenoxy) is 4. The van der Waals surface area contributed by atoms with Crippen LogP contribution in [-0.4, -0.2) is 65.5 Å². The lowest BCUT2D eigenvalue weighted by atomic mass is 9.45. The molecule has 4 fully saturated rings. The Kier molecular flexibility index (Phi) is 7.22. The van der Waals surface area contributed by atoms with Crippen LogP contribution in [0.4, 0.5) is 0 Å². The van der Waals surface area contributed by atoms with Gasteiger partial charge in [0.25, 0.3) is 0 Å². The lowest BCUT2D eigenvalue weighted by Gasteiger charge is -2.62. The zero-order chi connectivity index (χ0) is 27.5. The zero-order valence-corrected chi connectivity index (χ0v) is 23.4. The second-order valence-corrected chi connectivity index (χ2v) is 13.1. The van der Waals surface area contributed by atoms with Gasteiger partial charge < -0.3 is 24.1 Å². The lowest BCUT2D eigenvalue weighted by molar-refractivity contribution is -0.227. The second-order valence-electron chi connectivity index (χ2n) is 12.8. The van der Waals surface area contributed by atoms with E-state index in [9.17, 15) is 19.5 Å². The molecule has 0 radical (unpaired) electrons. The predicted molar refractivity (Wildman–Crippen MR) is 140 cm³/mol. The van der Waals surface area contributed by atoms with Gasteiger partial charge in [0.15, 0.2) is 12.1 Å². The van der Waals surface area contributed by atoms with Crippen LogP contribution in [0.3, 0.4) is 0 Å². The molecule has 0 aromatic rings. The molecule has 11 atom stereocenters. The standard InChI is InChI=1S/C30H39ClO8/c1-16-23(32)5-6-27(37-16)38-19-7-9-29(2)18(12-19)3-4-21-22(29)13-24(39-26(34)14-31)28-20(8-10-30(21,28)35)17-11-25(33)36-15-17/h5-6,11,16,18-22,24,27-28,35H,3-4,7-10,12-15H2,1-2H3. The summed E-state index contributed by atoms with van der Waals surface area (Å²) in [5.41, 5.74) is -0.0909. The number of rotatable bonds is 5. The molecule has 2 aliphatic heterocycles. The normalized spacial score (nSPS) is 47.1. The summed E-state index contributed by atoms with van der Waals surface area (Å²) in [5, 5.41) is 12.4. The van der Waals surface area contributed by atoms with E-state index in [2.05, 4.69) is 6.92 Å². The van der Waals surface area contributed by atoms with Crippen molar-refractivity contribution < 1.29 is 38.4 Å². The predicted octanol–water partition coefficient (Wildman–Crippen LogP) is 3.87. The fourth-order valence-corrected chi connectivity index (χ4v) is 9.30. The molecule has 11 unspecified atom stereocenters. The first-order valence-electron chi connectivity index (χ1n) is 14.5. The summed E-state index contributed by atoms with van der Waals surface area (Å²) in [6.45, 7) is 4.34.